The van der Waals surface area contributed by atoms with E-state index in [4.69, 9.17) is 9.47 Å². The Kier molecular flexibility index (Phi) is 4.42. The molecule has 0 bridgehead atoms. The maximum absolute atomic E-state index is 5.67. The molecule has 0 aliphatic carbocycles. The zero-order chi connectivity index (χ0) is 10.6. The fourth-order valence-electron chi connectivity index (χ4n) is 1.19. The topological polar surface area (TPSA) is 18.5 Å². The molecule has 1 atom stereocenters. The van der Waals surface area contributed by atoms with E-state index in [0.717, 1.165) is 10.2 Å². The van der Waals surface area contributed by atoms with E-state index in [1.807, 2.05) is 32.0 Å². The lowest BCUT2D eigenvalue weighted by Gasteiger charge is -2.15. The van der Waals surface area contributed by atoms with E-state index in [2.05, 4.69) is 15.9 Å². The molecule has 2 nitrogen and oxygen atoms in total. The lowest BCUT2D eigenvalue weighted by Crippen LogP contribution is -2.18. The van der Waals surface area contributed by atoms with Crippen LogP contribution in [0.25, 0.3) is 0 Å². The summed E-state index contributed by atoms with van der Waals surface area (Å²) >= 11 is 3.46. The first-order chi connectivity index (χ1) is 6.63. The lowest BCUT2D eigenvalue weighted by molar-refractivity contribution is 0.0916. The number of benzene rings is 1. The molecule has 1 aromatic rings. The van der Waals surface area contributed by atoms with Gasteiger partial charge in [-0.05, 0) is 47.5 Å². The zero-order valence-electron chi connectivity index (χ0n) is 8.71. The summed E-state index contributed by atoms with van der Waals surface area (Å²) in [6, 6.07) is 6.03. The second-order valence-electron chi connectivity index (χ2n) is 3.32. The number of aryl methyl sites for hydroxylation is 1. The Morgan fingerprint density at radius 1 is 1.43 bits per heavy atom. The highest BCUT2D eigenvalue weighted by molar-refractivity contribution is 9.10. The minimum atomic E-state index is 0.0685. The Balaban J connectivity index is 2.67. The Morgan fingerprint density at radius 3 is 2.71 bits per heavy atom. The van der Waals surface area contributed by atoms with Gasteiger partial charge in [-0.3, -0.25) is 0 Å². The van der Waals surface area contributed by atoms with Crippen LogP contribution in [0.4, 0.5) is 0 Å². The number of rotatable bonds is 4. The third-order valence-corrected chi connectivity index (χ3v) is 2.44. The van der Waals surface area contributed by atoms with Crippen LogP contribution in [0.15, 0.2) is 22.7 Å². The van der Waals surface area contributed by atoms with Crippen LogP contribution in [-0.2, 0) is 4.74 Å². The van der Waals surface area contributed by atoms with E-state index in [1.54, 1.807) is 7.11 Å². The van der Waals surface area contributed by atoms with Crippen molar-refractivity contribution in [3.8, 4) is 5.75 Å². The molecule has 78 valence electrons. The van der Waals surface area contributed by atoms with Crippen molar-refractivity contribution in [1.29, 1.82) is 0 Å². The molecule has 0 N–H and O–H groups in total. The number of methoxy groups -OCH3 is 1. The van der Waals surface area contributed by atoms with Gasteiger partial charge in [-0.15, -0.1) is 0 Å². The molecule has 0 unspecified atom stereocenters. The lowest BCUT2D eigenvalue weighted by atomic mass is 10.2. The van der Waals surface area contributed by atoms with E-state index >= 15 is 0 Å². The number of hydrogen-bond acceptors (Lipinski definition) is 2. The van der Waals surface area contributed by atoms with E-state index < -0.39 is 0 Å². The molecule has 0 saturated carbocycles. The summed E-state index contributed by atoms with van der Waals surface area (Å²) in [6.45, 7) is 4.63. The first kappa shape index (κ1) is 11.5. The highest BCUT2D eigenvalue weighted by Gasteiger charge is 2.06. The van der Waals surface area contributed by atoms with Gasteiger partial charge in [-0.1, -0.05) is 6.07 Å². The van der Waals surface area contributed by atoms with Crippen LogP contribution in [-0.4, -0.2) is 19.8 Å². The van der Waals surface area contributed by atoms with Crippen LogP contribution in [0.2, 0.25) is 0 Å². The Hall–Kier alpha value is -0.540. The van der Waals surface area contributed by atoms with Crippen LogP contribution in [0.1, 0.15) is 12.5 Å². The fourth-order valence-corrected chi connectivity index (χ4v) is 1.77. The van der Waals surface area contributed by atoms with Gasteiger partial charge in [0.1, 0.15) is 11.9 Å². The van der Waals surface area contributed by atoms with Gasteiger partial charge in [0.15, 0.2) is 0 Å². The monoisotopic (exact) mass is 258 g/mol. The molecule has 0 saturated heterocycles. The van der Waals surface area contributed by atoms with Crippen LogP contribution < -0.4 is 4.74 Å². The van der Waals surface area contributed by atoms with Gasteiger partial charge >= 0.3 is 0 Å². The molecule has 0 aliphatic rings. The average molecular weight is 259 g/mol. The Morgan fingerprint density at radius 2 is 2.14 bits per heavy atom. The minimum Gasteiger partial charge on any atom is -0.487 e. The van der Waals surface area contributed by atoms with Gasteiger partial charge in [-0.25, -0.2) is 0 Å². The molecule has 0 radical (unpaired) electrons. The van der Waals surface area contributed by atoms with E-state index in [0.29, 0.717) is 6.61 Å². The maximum Gasteiger partial charge on any atom is 0.134 e. The second kappa shape index (κ2) is 5.37. The van der Waals surface area contributed by atoms with Crippen molar-refractivity contribution in [2.75, 3.05) is 13.7 Å². The standard InChI is InChI=1S/C11H15BrO2/c1-8-4-5-11(10(12)6-8)14-9(2)7-13-3/h4-6,9H,7H2,1-3H3/t9-/m1/s1. The van der Waals surface area contributed by atoms with Gasteiger partial charge < -0.3 is 9.47 Å². The summed E-state index contributed by atoms with van der Waals surface area (Å²) in [6.07, 6.45) is 0.0685. The second-order valence-corrected chi connectivity index (χ2v) is 4.17. The molecular weight excluding hydrogens is 244 g/mol. The molecule has 0 heterocycles. The highest BCUT2D eigenvalue weighted by Crippen LogP contribution is 2.26. The summed E-state index contributed by atoms with van der Waals surface area (Å²) in [4.78, 5) is 0. The summed E-state index contributed by atoms with van der Waals surface area (Å²) in [5.74, 6) is 0.861. The summed E-state index contributed by atoms with van der Waals surface area (Å²) in [7, 11) is 1.67. The molecule has 0 aromatic heterocycles. The van der Waals surface area contributed by atoms with Gasteiger partial charge in [0.05, 0.1) is 11.1 Å². The largest absolute Gasteiger partial charge is 0.487 e. The van der Waals surface area contributed by atoms with Crippen LogP contribution >= 0.6 is 15.9 Å². The minimum absolute atomic E-state index is 0.0685. The quantitative estimate of drug-likeness (QED) is 0.826. The molecule has 1 rings (SSSR count). The molecule has 0 aliphatic heterocycles. The molecule has 3 heteroatoms. The van der Waals surface area contributed by atoms with Crippen molar-refractivity contribution in [2.24, 2.45) is 0 Å². The van der Waals surface area contributed by atoms with Crippen molar-refractivity contribution in [2.45, 2.75) is 20.0 Å². The molecule has 0 amide bonds. The maximum atomic E-state index is 5.67. The van der Waals surface area contributed by atoms with Gasteiger partial charge in [-0.2, -0.15) is 0 Å². The first-order valence-corrected chi connectivity index (χ1v) is 5.34. The summed E-state index contributed by atoms with van der Waals surface area (Å²) in [5.41, 5.74) is 1.21. The SMILES string of the molecule is COC[C@@H](C)Oc1ccc(C)cc1Br. The first-order valence-electron chi connectivity index (χ1n) is 4.55. The molecular formula is C11H15BrO2. The summed E-state index contributed by atoms with van der Waals surface area (Å²) < 4.78 is 11.7. The number of halogens is 1. The fraction of sp³-hybridized carbons (Fsp3) is 0.455. The van der Waals surface area contributed by atoms with E-state index in [1.165, 1.54) is 5.56 Å². The highest BCUT2D eigenvalue weighted by atomic mass is 79.9. The normalized spacial score (nSPS) is 12.6. The van der Waals surface area contributed by atoms with Crippen molar-refractivity contribution in [3.05, 3.63) is 28.2 Å². The molecule has 14 heavy (non-hydrogen) atoms. The Bertz CT molecular complexity index is 299. The molecule has 0 fully saturated rings. The van der Waals surface area contributed by atoms with Gasteiger partial charge in [0, 0.05) is 7.11 Å². The van der Waals surface area contributed by atoms with Crippen LogP contribution in [0, 0.1) is 6.92 Å². The van der Waals surface area contributed by atoms with Gasteiger partial charge in [0.25, 0.3) is 0 Å². The third kappa shape index (κ3) is 3.31. The predicted molar refractivity (Wildman–Crippen MR) is 60.8 cm³/mol. The third-order valence-electron chi connectivity index (χ3n) is 1.82. The smallest absolute Gasteiger partial charge is 0.134 e. The van der Waals surface area contributed by atoms with Crippen molar-refractivity contribution in [3.63, 3.8) is 0 Å². The van der Waals surface area contributed by atoms with Crippen molar-refractivity contribution in [1.82, 2.24) is 0 Å². The zero-order valence-corrected chi connectivity index (χ0v) is 10.3. The van der Waals surface area contributed by atoms with Crippen LogP contribution in [0.5, 0.6) is 5.75 Å². The van der Waals surface area contributed by atoms with E-state index in [9.17, 15) is 0 Å². The summed E-state index contributed by atoms with van der Waals surface area (Å²) in [5, 5.41) is 0. The predicted octanol–water partition coefficient (Wildman–Crippen LogP) is 3.17. The molecule has 1 aromatic carbocycles. The number of hydrogen-bond donors (Lipinski definition) is 0. The van der Waals surface area contributed by atoms with Crippen molar-refractivity contribution < 1.29 is 9.47 Å². The van der Waals surface area contributed by atoms with E-state index in [-0.39, 0.29) is 6.10 Å². The average Bonchev–Trinajstić information content (AvgIpc) is 2.10. The van der Waals surface area contributed by atoms with Gasteiger partial charge in [0.2, 0.25) is 0 Å². The Labute approximate surface area is 93.4 Å². The molecule has 0 spiro atoms. The van der Waals surface area contributed by atoms with Crippen LogP contribution in [0.3, 0.4) is 0 Å². The number of ether oxygens (including phenoxy) is 2. The van der Waals surface area contributed by atoms with Crippen molar-refractivity contribution >= 4 is 15.9 Å².